The zero-order chi connectivity index (χ0) is 17.7. The minimum absolute atomic E-state index is 0.00650. The van der Waals surface area contributed by atoms with Crippen LogP contribution in [0.1, 0.15) is 26.3 Å². The number of piperazine rings is 1. The largest absolute Gasteiger partial charge is 0.480 e. The minimum Gasteiger partial charge on any atom is -0.480 e. The first kappa shape index (κ1) is 18.3. The fraction of sp³-hybridized carbons (Fsp3) is 0.556. The highest BCUT2D eigenvalue weighted by Gasteiger charge is 2.33. The number of hydrogen-bond donors (Lipinski definition) is 1. The van der Waals surface area contributed by atoms with Crippen LogP contribution >= 0.6 is 0 Å². The van der Waals surface area contributed by atoms with Crippen LogP contribution < -0.4 is 0 Å². The molecule has 1 aromatic carbocycles. The van der Waals surface area contributed by atoms with Crippen molar-refractivity contribution < 1.29 is 19.4 Å². The van der Waals surface area contributed by atoms with Crippen molar-refractivity contribution in [2.75, 3.05) is 26.2 Å². The molecule has 1 saturated heterocycles. The summed E-state index contributed by atoms with van der Waals surface area (Å²) in [7, 11) is 0. The number of hydrogen-bond acceptors (Lipinski definition) is 4. The van der Waals surface area contributed by atoms with Gasteiger partial charge < -0.3 is 14.7 Å². The number of carboxylic acid groups (broad SMARTS) is 1. The number of carbonyl (C=O) groups excluding carboxylic acids is 1. The van der Waals surface area contributed by atoms with E-state index in [4.69, 9.17) is 9.84 Å². The van der Waals surface area contributed by atoms with Crippen molar-refractivity contribution in [3.05, 3.63) is 35.9 Å². The summed E-state index contributed by atoms with van der Waals surface area (Å²) in [5, 5.41) is 9.02. The molecule has 1 amide bonds. The highest BCUT2D eigenvalue weighted by molar-refractivity contribution is 5.70. The molecule has 0 radical (unpaired) electrons. The molecule has 2 rings (SSSR count). The lowest BCUT2D eigenvalue weighted by Crippen LogP contribution is -2.57. The average Bonchev–Trinajstić information content (AvgIpc) is 2.46. The SMILES string of the molecule is CC(C)(C)OC(=O)N1CCN(CC(=O)O)C[C@H]1Cc1ccccc1. The highest BCUT2D eigenvalue weighted by Crippen LogP contribution is 2.19. The molecule has 0 saturated carbocycles. The van der Waals surface area contributed by atoms with Gasteiger partial charge in [0.2, 0.25) is 0 Å². The van der Waals surface area contributed by atoms with Crippen LogP contribution in [0.25, 0.3) is 0 Å². The molecule has 132 valence electrons. The minimum atomic E-state index is -0.848. The maximum absolute atomic E-state index is 12.5. The lowest BCUT2D eigenvalue weighted by Gasteiger charge is -2.41. The first-order valence-electron chi connectivity index (χ1n) is 8.22. The molecule has 0 spiro atoms. The summed E-state index contributed by atoms with van der Waals surface area (Å²) in [5.41, 5.74) is 0.570. The zero-order valence-electron chi connectivity index (χ0n) is 14.6. The molecular formula is C18H26N2O4. The Kier molecular flexibility index (Phi) is 5.83. The van der Waals surface area contributed by atoms with E-state index >= 15 is 0 Å². The lowest BCUT2D eigenvalue weighted by molar-refractivity contribution is -0.138. The van der Waals surface area contributed by atoms with Gasteiger partial charge in [0.1, 0.15) is 5.60 Å². The third-order valence-electron chi connectivity index (χ3n) is 3.87. The molecule has 1 fully saturated rings. The molecule has 1 aliphatic rings. The van der Waals surface area contributed by atoms with E-state index < -0.39 is 11.6 Å². The first-order valence-corrected chi connectivity index (χ1v) is 8.22. The molecule has 1 N–H and O–H groups in total. The van der Waals surface area contributed by atoms with Crippen LogP contribution in [0.3, 0.4) is 0 Å². The van der Waals surface area contributed by atoms with Crippen molar-refractivity contribution in [3.63, 3.8) is 0 Å². The van der Waals surface area contributed by atoms with Gasteiger partial charge in [0.05, 0.1) is 12.6 Å². The third kappa shape index (κ3) is 5.53. The summed E-state index contributed by atoms with van der Waals surface area (Å²) >= 11 is 0. The second-order valence-electron chi connectivity index (χ2n) is 7.15. The summed E-state index contributed by atoms with van der Waals surface area (Å²) in [5.74, 6) is -0.848. The first-order chi connectivity index (χ1) is 11.2. The fourth-order valence-electron chi connectivity index (χ4n) is 2.88. The summed E-state index contributed by atoms with van der Waals surface area (Å²) in [6.45, 7) is 7.07. The van der Waals surface area contributed by atoms with E-state index in [0.717, 1.165) is 5.56 Å². The Labute approximate surface area is 143 Å². The molecule has 0 unspecified atom stereocenters. The van der Waals surface area contributed by atoms with Crippen molar-refractivity contribution in [1.82, 2.24) is 9.80 Å². The van der Waals surface area contributed by atoms with Crippen LogP contribution in [0.5, 0.6) is 0 Å². The summed E-state index contributed by atoms with van der Waals surface area (Å²) < 4.78 is 5.51. The molecule has 6 heteroatoms. The van der Waals surface area contributed by atoms with E-state index in [9.17, 15) is 9.59 Å². The van der Waals surface area contributed by atoms with Gasteiger partial charge in [-0.05, 0) is 32.8 Å². The molecule has 24 heavy (non-hydrogen) atoms. The number of rotatable bonds is 4. The maximum Gasteiger partial charge on any atom is 0.410 e. The average molecular weight is 334 g/mol. The predicted molar refractivity (Wildman–Crippen MR) is 90.9 cm³/mol. The number of carbonyl (C=O) groups is 2. The monoisotopic (exact) mass is 334 g/mol. The molecule has 0 bridgehead atoms. The Morgan fingerprint density at radius 1 is 1.21 bits per heavy atom. The van der Waals surface area contributed by atoms with E-state index in [0.29, 0.717) is 26.1 Å². The maximum atomic E-state index is 12.5. The van der Waals surface area contributed by atoms with Crippen LogP contribution in [0.2, 0.25) is 0 Å². The Balaban J connectivity index is 2.12. The van der Waals surface area contributed by atoms with Crippen molar-refractivity contribution in [2.45, 2.75) is 38.8 Å². The normalized spacial score (nSPS) is 19.1. The van der Waals surface area contributed by atoms with Crippen LogP contribution in [0.4, 0.5) is 4.79 Å². The third-order valence-corrected chi connectivity index (χ3v) is 3.87. The number of amides is 1. The van der Waals surface area contributed by atoms with Gasteiger partial charge in [-0.15, -0.1) is 0 Å². The van der Waals surface area contributed by atoms with Crippen molar-refractivity contribution in [2.24, 2.45) is 0 Å². The second kappa shape index (κ2) is 7.66. The Hall–Kier alpha value is -2.08. The van der Waals surface area contributed by atoms with Gasteiger partial charge in [-0.2, -0.15) is 0 Å². The molecule has 1 atom stereocenters. The van der Waals surface area contributed by atoms with E-state index in [2.05, 4.69) is 0 Å². The summed E-state index contributed by atoms with van der Waals surface area (Å²) in [4.78, 5) is 27.1. The standard InChI is InChI=1S/C18H26N2O4/c1-18(2,3)24-17(23)20-10-9-19(13-16(21)22)12-15(20)11-14-7-5-4-6-8-14/h4-8,15H,9-13H2,1-3H3,(H,21,22)/t15-/m1/s1. The van der Waals surface area contributed by atoms with Gasteiger partial charge >= 0.3 is 12.1 Å². The van der Waals surface area contributed by atoms with Crippen LogP contribution in [0, 0.1) is 0 Å². The predicted octanol–water partition coefficient (Wildman–Crippen LogP) is 2.24. The zero-order valence-corrected chi connectivity index (χ0v) is 14.6. The summed E-state index contributed by atoms with van der Waals surface area (Å²) in [6, 6.07) is 9.81. The number of carboxylic acids is 1. The molecule has 0 aromatic heterocycles. The van der Waals surface area contributed by atoms with Crippen molar-refractivity contribution >= 4 is 12.1 Å². The number of aliphatic carboxylic acids is 1. The summed E-state index contributed by atoms with van der Waals surface area (Å²) in [6.07, 6.45) is 0.342. The van der Waals surface area contributed by atoms with E-state index in [1.807, 2.05) is 56.0 Å². The quantitative estimate of drug-likeness (QED) is 0.914. The van der Waals surface area contributed by atoms with E-state index in [1.54, 1.807) is 4.90 Å². The lowest BCUT2D eigenvalue weighted by atomic mass is 10.0. The Bertz CT molecular complexity index is 568. The molecule has 1 heterocycles. The van der Waals surface area contributed by atoms with Gasteiger partial charge in [0, 0.05) is 19.6 Å². The number of ether oxygens (including phenoxy) is 1. The molecular weight excluding hydrogens is 308 g/mol. The number of benzene rings is 1. The van der Waals surface area contributed by atoms with E-state index in [1.165, 1.54) is 0 Å². The van der Waals surface area contributed by atoms with Gasteiger partial charge in [-0.1, -0.05) is 30.3 Å². The molecule has 1 aliphatic heterocycles. The van der Waals surface area contributed by atoms with E-state index in [-0.39, 0.29) is 18.7 Å². The molecule has 0 aliphatic carbocycles. The van der Waals surface area contributed by atoms with Crippen LogP contribution in [-0.4, -0.2) is 64.8 Å². The Morgan fingerprint density at radius 3 is 2.46 bits per heavy atom. The van der Waals surface area contributed by atoms with Gasteiger partial charge in [-0.25, -0.2) is 4.79 Å². The Morgan fingerprint density at radius 2 is 1.88 bits per heavy atom. The van der Waals surface area contributed by atoms with Crippen molar-refractivity contribution in [3.8, 4) is 0 Å². The van der Waals surface area contributed by atoms with Gasteiger partial charge in [0.15, 0.2) is 0 Å². The highest BCUT2D eigenvalue weighted by atomic mass is 16.6. The van der Waals surface area contributed by atoms with Gasteiger partial charge in [0.25, 0.3) is 0 Å². The second-order valence-corrected chi connectivity index (χ2v) is 7.15. The van der Waals surface area contributed by atoms with Gasteiger partial charge in [-0.3, -0.25) is 9.69 Å². The number of nitrogens with zero attached hydrogens (tertiary/aromatic N) is 2. The van der Waals surface area contributed by atoms with Crippen LogP contribution in [0.15, 0.2) is 30.3 Å². The topological polar surface area (TPSA) is 70.1 Å². The molecule has 1 aromatic rings. The smallest absolute Gasteiger partial charge is 0.410 e. The fourth-order valence-corrected chi connectivity index (χ4v) is 2.88. The van der Waals surface area contributed by atoms with Crippen molar-refractivity contribution in [1.29, 1.82) is 0 Å². The molecule has 6 nitrogen and oxygen atoms in total. The van der Waals surface area contributed by atoms with Crippen LogP contribution in [-0.2, 0) is 16.0 Å².